The highest BCUT2D eigenvalue weighted by Crippen LogP contribution is 2.27. The van der Waals surface area contributed by atoms with Crippen LogP contribution in [0.25, 0.3) is 6.08 Å². The van der Waals surface area contributed by atoms with Gasteiger partial charge in [0.05, 0.1) is 4.91 Å². The lowest BCUT2D eigenvalue weighted by Gasteiger charge is -2.07. The van der Waals surface area contributed by atoms with Crippen LogP contribution >= 0.6 is 11.8 Å². The first-order valence-corrected chi connectivity index (χ1v) is 4.91. The van der Waals surface area contributed by atoms with Crippen molar-refractivity contribution in [2.24, 2.45) is 0 Å². The zero-order valence-electron chi connectivity index (χ0n) is 6.86. The monoisotopic (exact) mass is 192 g/mol. The number of hydrogen-bond donors (Lipinski definition) is 1. The molecule has 2 heterocycles. The Morgan fingerprint density at radius 3 is 2.62 bits per heavy atom. The van der Waals surface area contributed by atoms with E-state index in [1.807, 2.05) is 24.3 Å². The van der Waals surface area contributed by atoms with Gasteiger partial charge >= 0.3 is 5.97 Å². The fourth-order valence-electron chi connectivity index (χ4n) is 1.19. The average molecular weight is 192 g/mol. The number of carboxylic acid groups (broad SMARTS) is 1. The van der Waals surface area contributed by atoms with Gasteiger partial charge in [-0.25, -0.2) is 4.79 Å². The molecule has 0 amide bonds. The predicted octanol–water partition coefficient (Wildman–Crippen LogP) is 2.36. The number of aliphatic carboxylic acids is 1. The summed E-state index contributed by atoms with van der Waals surface area (Å²) in [5.74, 6) is -0.106. The second kappa shape index (κ2) is 3.26. The molecule has 0 aromatic heterocycles. The van der Waals surface area contributed by atoms with Crippen molar-refractivity contribution in [2.75, 3.05) is 0 Å². The molecule has 13 heavy (non-hydrogen) atoms. The lowest BCUT2D eigenvalue weighted by atomic mass is 10.1. The maximum Gasteiger partial charge on any atom is 0.342 e. The molecular weight excluding hydrogens is 184 g/mol. The van der Waals surface area contributed by atoms with Crippen LogP contribution in [0.1, 0.15) is 11.1 Å². The van der Waals surface area contributed by atoms with Gasteiger partial charge in [-0.1, -0.05) is 24.3 Å². The molecule has 0 unspecified atom stereocenters. The zero-order valence-corrected chi connectivity index (χ0v) is 7.67. The maximum absolute atomic E-state index is 10.7. The largest absolute Gasteiger partial charge is 0.477 e. The molecule has 1 aromatic rings. The van der Waals surface area contributed by atoms with Crippen LogP contribution in [0.4, 0.5) is 0 Å². The molecule has 0 aliphatic carbocycles. The van der Waals surface area contributed by atoms with E-state index in [1.165, 1.54) is 17.3 Å². The molecule has 3 rings (SSSR count). The Morgan fingerprint density at radius 1 is 1.31 bits per heavy atom. The predicted molar refractivity (Wildman–Crippen MR) is 53.3 cm³/mol. The zero-order chi connectivity index (χ0) is 9.26. The number of rotatable bonds is 1. The average Bonchev–Trinajstić information content (AvgIpc) is 2.05. The SMILES string of the molecule is O=C(O)/C1=C/c2ccc(cc2)CS1. The highest BCUT2D eigenvalue weighted by molar-refractivity contribution is 8.03. The molecule has 1 N–H and O–H groups in total. The van der Waals surface area contributed by atoms with Crippen molar-refractivity contribution in [1.82, 2.24) is 0 Å². The van der Waals surface area contributed by atoms with Gasteiger partial charge in [0.1, 0.15) is 0 Å². The minimum atomic E-state index is -0.840. The van der Waals surface area contributed by atoms with E-state index in [9.17, 15) is 4.79 Å². The molecular formula is C10H8O2S. The van der Waals surface area contributed by atoms with Crippen molar-refractivity contribution >= 4 is 23.8 Å². The number of carboxylic acids is 1. The van der Waals surface area contributed by atoms with Gasteiger partial charge in [-0.15, -0.1) is 11.8 Å². The molecule has 1 aromatic carbocycles. The number of thioether (sulfide) groups is 1. The number of fused-ring (bicyclic) bond motifs is 4. The molecule has 0 atom stereocenters. The quantitative estimate of drug-likeness (QED) is 0.742. The minimum Gasteiger partial charge on any atom is -0.477 e. The van der Waals surface area contributed by atoms with Crippen LogP contribution in [0.2, 0.25) is 0 Å². The summed E-state index contributed by atoms with van der Waals surface area (Å²) in [7, 11) is 0. The Labute approximate surface area is 80.3 Å². The molecule has 2 aliphatic heterocycles. The molecule has 2 bridgehead atoms. The molecule has 2 nitrogen and oxygen atoms in total. The van der Waals surface area contributed by atoms with Gasteiger partial charge in [0, 0.05) is 5.75 Å². The second-order valence-electron chi connectivity index (χ2n) is 2.84. The summed E-state index contributed by atoms with van der Waals surface area (Å²) in [5, 5.41) is 8.82. The lowest BCUT2D eigenvalue weighted by Crippen LogP contribution is -1.99. The van der Waals surface area contributed by atoms with E-state index in [0.717, 1.165) is 11.3 Å². The van der Waals surface area contributed by atoms with Crippen LogP contribution in [0.15, 0.2) is 29.2 Å². The number of benzene rings is 1. The van der Waals surface area contributed by atoms with Crippen molar-refractivity contribution < 1.29 is 9.90 Å². The van der Waals surface area contributed by atoms with Gasteiger partial charge in [0.25, 0.3) is 0 Å². The standard InChI is InChI=1S/C10H8O2S/c11-10(12)9-5-7-1-3-8(4-2-7)6-13-9/h1-5H,6H2,(H,11,12)/b9-5-. The van der Waals surface area contributed by atoms with Crippen LogP contribution in [0.5, 0.6) is 0 Å². The Bertz CT molecular complexity index is 365. The molecule has 2 aliphatic rings. The van der Waals surface area contributed by atoms with Crippen LogP contribution in [0.3, 0.4) is 0 Å². The molecule has 3 heteroatoms. The van der Waals surface area contributed by atoms with Crippen LogP contribution in [-0.4, -0.2) is 11.1 Å². The van der Waals surface area contributed by atoms with E-state index in [1.54, 1.807) is 6.08 Å². The van der Waals surface area contributed by atoms with Gasteiger partial charge in [-0.05, 0) is 17.2 Å². The Hall–Kier alpha value is -1.22. The first kappa shape index (κ1) is 8.38. The van der Waals surface area contributed by atoms with Crippen LogP contribution in [-0.2, 0) is 10.5 Å². The van der Waals surface area contributed by atoms with Crippen molar-refractivity contribution in [3.63, 3.8) is 0 Å². The van der Waals surface area contributed by atoms with E-state index in [4.69, 9.17) is 5.11 Å². The maximum atomic E-state index is 10.7. The third kappa shape index (κ3) is 1.75. The molecule has 0 radical (unpaired) electrons. The smallest absolute Gasteiger partial charge is 0.342 e. The molecule has 0 saturated carbocycles. The third-order valence-corrected chi connectivity index (χ3v) is 2.96. The van der Waals surface area contributed by atoms with Crippen LogP contribution < -0.4 is 0 Å². The highest BCUT2D eigenvalue weighted by atomic mass is 32.2. The summed E-state index contributed by atoms with van der Waals surface area (Å²) in [6, 6.07) is 7.94. The summed E-state index contributed by atoms with van der Waals surface area (Å²) < 4.78 is 0. The Kier molecular flexibility index (Phi) is 2.10. The van der Waals surface area contributed by atoms with E-state index >= 15 is 0 Å². The first-order chi connectivity index (χ1) is 6.25. The summed E-state index contributed by atoms with van der Waals surface area (Å²) in [5.41, 5.74) is 2.12. The summed E-state index contributed by atoms with van der Waals surface area (Å²) in [6.45, 7) is 0. The van der Waals surface area contributed by atoms with Crippen molar-refractivity contribution in [3.05, 3.63) is 40.3 Å². The van der Waals surface area contributed by atoms with Gasteiger partial charge in [0.15, 0.2) is 0 Å². The molecule has 66 valence electrons. The van der Waals surface area contributed by atoms with Crippen molar-refractivity contribution in [2.45, 2.75) is 5.75 Å². The second-order valence-corrected chi connectivity index (χ2v) is 3.86. The summed E-state index contributed by atoms with van der Waals surface area (Å²) >= 11 is 1.37. The van der Waals surface area contributed by atoms with E-state index < -0.39 is 5.97 Å². The first-order valence-electron chi connectivity index (χ1n) is 3.92. The van der Waals surface area contributed by atoms with E-state index in [-0.39, 0.29) is 0 Å². The Balaban J connectivity index is 2.44. The normalized spacial score (nSPS) is 18.6. The number of carbonyl (C=O) groups is 1. The minimum absolute atomic E-state index is 0.418. The fraction of sp³-hybridized carbons (Fsp3) is 0.100. The van der Waals surface area contributed by atoms with Crippen LogP contribution in [0, 0.1) is 0 Å². The van der Waals surface area contributed by atoms with Gasteiger partial charge < -0.3 is 5.11 Å². The van der Waals surface area contributed by atoms with Crippen molar-refractivity contribution in [3.8, 4) is 0 Å². The van der Waals surface area contributed by atoms with Crippen molar-refractivity contribution in [1.29, 1.82) is 0 Å². The van der Waals surface area contributed by atoms with Gasteiger partial charge in [-0.2, -0.15) is 0 Å². The van der Waals surface area contributed by atoms with Gasteiger partial charge in [-0.3, -0.25) is 0 Å². The van der Waals surface area contributed by atoms with Gasteiger partial charge in [0.2, 0.25) is 0 Å². The molecule has 0 saturated heterocycles. The molecule has 0 fully saturated rings. The molecule has 0 spiro atoms. The summed E-state index contributed by atoms with van der Waals surface area (Å²) in [6.07, 6.45) is 1.70. The Morgan fingerprint density at radius 2 is 2.00 bits per heavy atom. The third-order valence-electron chi connectivity index (χ3n) is 1.88. The highest BCUT2D eigenvalue weighted by Gasteiger charge is 2.10. The van der Waals surface area contributed by atoms with E-state index in [0.29, 0.717) is 4.91 Å². The topological polar surface area (TPSA) is 37.3 Å². The van der Waals surface area contributed by atoms with E-state index in [2.05, 4.69) is 0 Å². The summed E-state index contributed by atoms with van der Waals surface area (Å²) in [4.78, 5) is 11.2. The lowest BCUT2D eigenvalue weighted by molar-refractivity contribution is -0.131. The number of hydrogen-bond acceptors (Lipinski definition) is 2. The fourth-order valence-corrected chi connectivity index (χ4v) is 2.05.